The largest absolute Gasteiger partial charge is 0.372 e. The molecule has 0 aliphatic heterocycles. The molecule has 0 aromatic heterocycles. The lowest BCUT2D eigenvalue weighted by Crippen LogP contribution is -2.49. The highest BCUT2D eigenvalue weighted by atomic mass is 16.5. The molecule has 0 heterocycles. The summed E-state index contributed by atoms with van der Waals surface area (Å²) in [4.78, 5) is 24.2. The van der Waals surface area contributed by atoms with Crippen molar-refractivity contribution in [3.63, 3.8) is 0 Å². The minimum Gasteiger partial charge on any atom is -0.372 e. The molecule has 5 heteroatoms. The molecule has 0 saturated heterocycles. The van der Waals surface area contributed by atoms with Crippen LogP contribution in [0, 0.1) is 5.92 Å². The summed E-state index contributed by atoms with van der Waals surface area (Å²) < 4.78 is 5.80. The summed E-state index contributed by atoms with van der Waals surface area (Å²) in [6.45, 7) is 3.00. The molecule has 1 aliphatic carbocycles. The van der Waals surface area contributed by atoms with E-state index in [0.29, 0.717) is 19.8 Å². The lowest BCUT2D eigenvalue weighted by molar-refractivity contribution is -0.129. The molecule has 2 aromatic carbocycles. The van der Waals surface area contributed by atoms with Gasteiger partial charge >= 0.3 is 0 Å². The van der Waals surface area contributed by atoms with Gasteiger partial charge in [-0.15, -0.1) is 0 Å². The minimum atomic E-state index is -0.438. The number of carbonyl (C=O) groups excluding carboxylic acids is 2. The van der Waals surface area contributed by atoms with Gasteiger partial charge in [0.15, 0.2) is 0 Å². The van der Waals surface area contributed by atoms with Gasteiger partial charge in [-0.3, -0.25) is 9.59 Å². The highest BCUT2D eigenvalue weighted by molar-refractivity contribution is 5.87. The molecular formula is C24H30N2O3. The molecule has 3 rings (SSSR count). The topological polar surface area (TPSA) is 67.4 Å². The van der Waals surface area contributed by atoms with E-state index in [2.05, 4.69) is 10.6 Å². The van der Waals surface area contributed by atoms with Crippen LogP contribution in [0.4, 0.5) is 0 Å². The van der Waals surface area contributed by atoms with Crippen LogP contribution in [0.25, 0.3) is 0 Å². The van der Waals surface area contributed by atoms with Gasteiger partial charge in [-0.05, 0) is 35.4 Å². The third-order valence-corrected chi connectivity index (χ3v) is 5.35. The Kier molecular flexibility index (Phi) is 7.82. The van der Waals surface area contributed by atoms with Crippen LogP contribution in [0.5, 0.6) is 0 Å². The predicted molar refractivity (Wildman–Crippen MR) is 113 cm³/mol. The number of hydrogen-bond acceptors (Lipinski definition) is 3. The van der Waals surface area contributed by atoms with E-state index in [1.165, 1.54) is 6.92 Å². The van der Waals surface area contributed by atoms with E-state index in [0.717, 1.165) is 42.4 Å². The van der Waals surface area contributed by atoms with Crippen molar-refractivity contribution in [2.45, 2.75) is 58.4 Å². The van der Waals surface area contributed by atoms with Crippen LogP contribution >= 0.6 is 0 Å². The van der Waals surface area contributed by atoms with Crippen molar-refractivity contribution in [3.8, 4) is 0 Å². The number of amides is 2. The van der Waals surface area contributed by atoms with Crippen molar-refractivity contribution in [1.29, 1.82) is 0 Å². The molecule has 0 spiro atoms. The Labute approximate surface area is 172 Å². The molecule has 1 fully saturated rings. The smallest absolute Gasteiger partial charge is 0.243 e. The SMILES string of the molecule is CC(=O)NC(C(=O)NCc1cccc(COCc2ccccc2)c1)C1CCCC1. The van der Waals surface area contributed by atoms with Crippen molar-refractivity contribution >= 4 is 11.8 Å². The molecular weight excluding hydrogens is 364 g/mol. The second-order valence-electron chi connectivity index (χ2n) is 7.74. The Morgan fingerprint density at radius 3 is 2.34 bits per heavy atom. The summed E-state index contributed by atoms with van der Waals surface area (Å²) in [5, 5.41) is 5.84. The second-order valence-corrected chi connectivity index (χ2v) is 7.74. The van der Waals surface area contributed by atoms with E-state index in [1.807, 2.05) is 54.6 Å². The lowest BCUT2D eigenvalue weighted by Gasteiger charge is -2.23. The molecule has 0 bridgehead atoms. The van der Waals surface area contributed by atoms with Crippen molar-refractivity contribution in [2.24, 2.45) is 5.92 Å². The van der Waals surface area contributed by atoms with Gasteiger partial charge in [0.25, 0.3) is 0 Å². The molecule has 2 amide bonds. The van der Waals surface area contributed by atoms with Crippen LogP contribution in [-0.2, 0) is 34.1 Å². The third kappa shape index (κ3) is 6.71. The number of ether oxygens (including phenoxy) is 1. The first-order valence-corrected chi connectivity index (χ1v) is 10.4. The van der Waals surface area contributed by atoms with Crippen LogP contribution in [0.1, 0.15) is 49.3 Å². The summed E-state index contributed by atoms with van der Waals surface area (Å²) in [6, 6.07) is 17.7. The van der Waals surface area contributed by atoms with Gasteiger partial charge < -0.3 is 15.4 Å². The highest BCUT2D eigenvalue weighted by Gasteiger charge is 2.31. The van der Waals surface area contributed by atoms with Crippen LogP contribution in [0.2, 0.25) is 0 Å². The molecule has 1 saturated carbocycles. The number of nitrogens with one attached hydrogen (secondary N) is 2. The Morgan fingerprint density at radius 1 is 0.966 bits per heavy atom. The van der Waals surface area contributed by atoms with Crippen LogP contribution in [-0.4, -0.2) is 17.9 Å². The average Bonchev–Trinajstić information content (AvgIpc) is 3.26. The third-order valence-electron chi connectivity index (χ3n) is 5.35. The zero-order valence-corrected chi connectivity index (χ0v) is 17.0. The van der Waals surface area contributed by atoms with E-state index in [4.69, 9.17) is 4.74 Å². The predicted octanol–water partition coefficient (Wildman–Crippen LogP) is 3.71. The Bertz CT molecular complexity index is 801. The molecule has 5 nitrogen and oxygen atoms in total. The first-order valence-electron chi connectivity index (χ1n) is 10.4. The molecule has 29 heavy (non-hydrogen) atoms. The minimum absolute atomic E-state index is 0.0992. The summed E-state index contributed by atoms with van der Waals surface area (Å²) in [5.74, 6) is -0.0240. The van der Waals surface area contributed by atoms with Gasteiger partial charge in [-0.1, -0.05) is 67.4 Å². The number of hydrogen-bond donors (Lipinski definition) is 2. The Morgan fingerprint density at radius 2 is 1.62 bits per heavy atom. The Hall–Kier alpha value is -2.66. The zero-order valence-electron chi connectivity index (χ0n) is 17.0. The standard InChI is InChI=1S/C24H30N2O3/c1-18(27)26-23(22-12-5-6-13-22)24(28)25-15-20-10-7-11-21(14-20)17-29-16-19-8-3-2-4-9-19/h2-4,7-11,14,22-23H,5-6,12-13,15-17H2,1H3,(H,25,28)(H,26,27). The summed E-state index contributed by atoms with van der Waals surface area (Å²) in [6.07, 6.45) is 4.23. The number of carbonyl (C=O) groups is 2. The molecule has 0 radical (unpaired) electrons. The van der Waals surface area contributed by atoms with Crippen molar-refractivity contribution in [3.05, 3.63) is 71.3 Å². The number of rotatable bonds is 9. The lowest BCUT2D eigenvalue weighted by atomic mass is 9.97. The van der Waals surface area contributed by atoms with E-state index >= 15 is 0 Å². The summed E-state index contributed by atoms with van der Waals surface area (Å²) >= 11 is 0. The van der Waals surface area contributed by atoms with Crippen LogP contribution in [0.15, 0.2) is 54.6 Å². The molecule has 1 unspecified atom stereocenters. The second kappa shape index (κ2) is 10.8. The van der Waals surface area contributed by atoms with Gasteiger partial charge in [0, 0.05) is 13.5 Å². The first-order chi connectivity index (χ1) is 14.1. The van der Waals surface area contributed by atoms with E-state index in [9.17, 15) is 9.59 Å². The van der Waals surface area contributed by atoms with Gasteiger partial charge in [-0.25, -0.2) is 0 Å². The van der Waals surface area contributed by atoms with E-state index in [-0.39, 0.29) is 17.7 Å². The first kappa shape index (κ1) is 21.1. The maximum Gasteiger partial charge on any atom is 0.243 e. The Balaban J connectivity index is 1.51. The maximum absolute atomic E-state index is 12.7. The van der Waals surface area contributed by atoms with E-state index < -0.39 is 6.04 Å². The summed E-state index contributed by atoms with van der Waals surface area (Å²) in [7, 11) is 0. The monoisotopic (exact) mass is 394 g/mol. The highest BCUT2D eigenvalue weighted by Crippen LogP contribution is 2.28. The molecule has 2 aromatic rings. The fraction of sp³-hybridized carbons (Fsp3) is 0.417. The van der Waals surface area contributed by atoms with Gasteiger partial charge in [0.05, 0.1) is 13.2 Å². The quantitative estimate of drug-likeness (QED) is 0.681. The molecule has 1 aliphatic rings. The average molecular weight is 395 g/mol. The normalized spacial score (nSPS) is 15.1. The van der Waals surface area contributed by atoms with Crippen LogP contribution < -0.4 is 10.6 Å². The fourth-order valence-corrected chi connectivity index (χ4v) is 3.90. The molecule has 2 N–H and O–H groups in total. The molecule has 154 valence electrons. The zero-order chi connectivity index (χ0) is 20.5. The van der Waals surface area contributed by atoms with Crippen molar-refractivity contribution in [1.82, 2.24) is 10.6 Å². The fourth-order valence-electron chi connectivity index (χ4n) is 3.90. The number of benzene rings is 2. The van der Waals surface area contributed by atoms with Gasteiger partial charge in [0.2, 0.25) is 11.8 Å². The summed E-state index contributed by atoms with van der Waals surface area (Å²) in [5.41, 5.74) is 3.24. The van der Waals surface area contributed by atoms with Crippen molar-refractivity contribution in [2.75, 3.05) is 0 Å². The van der Waals surface area contributed by atoms with Gasteiger partial charge in [-0.2, -0.15) is 0 Å². The maximum atomic E-state index is 12.7. The van der Waals surface area contributed by atoms with Crippen molar-refractivity contribution < 1.29 is 14.3 Å². The van der Waals surface area contributed by atoms with E-state index in [1.54, 1.807) is 0 Å². The van der Waals surface area contributed by atoms with Crippen LogP contribution in [0.3, 0.4) is 0 Å². The van der Waals surface area contributed by atoms with Gasteiger partial charge in [0.1, 0.15) is 6.04 Å². The molecule has 1 atom stereocenters.